The predicted octanol–water partition coefficient (Wildman–Crippen LogP) is 18.7. The van der Waals surface area contributed by atoms with Crippen LogP contribution < -0.4 is 0 Å². The third-order valence-electron chi connectivity index (χ3n) is 15.4. The number of hydrogen-bond donors (Lipinski definition) is 2. The molecule has 0 aliphatic rings. The molecule has 9 aromatic heterocycles. The number of pyridine rings is 2. The van der Waals surface area contributed by atoms with Crippen molar-refractivity contribution in [2.24, 2.45) is 0 Å². The largest absolute Gasteiger partial charge is 0.348 e. The number of aromatic nitrogens is 16. The average Bonchev–Trinajstić information content (AvgIpc) is 4.48. The van der Waals surface area contributed by atoms with Crippen molar-refractivity contribution < 1.29 is 0 Å². The van der Waals surface area contributed by atoms with E-state index in [4.69, 9.17) is 0 Å². The lowest BCUT2D eigenvalue weighted by molar-refractivity contribution is 0.478. The first-order chi connectivity index (χ1) is 41.6. The number of aromatic amines is 2. The van der Waals surface area contributed by atoms with E-state index in [0.29, 0.717) is 53.5 Å². The van der Waals surface area contributed by atoms with Gasteiger partial charge >= 0.3 is 0 Å². The standard InChI is InChI=1S/2C9H13N.3C8H12N2.4C7H12N2/c1-3-8(2)9-4-6-10-7-5-9;1-3-8(2)9-6-4-5-7-10-9;1-3-7(2)8-6-9-4-5-10-8;1-3-7(2)8-4-5-9-6-10-8;1-3-7(2)8-4-5-9-10-6-8;1-3-7(2)9-5-4-8-6-9;1-3-7(2)9-6-4-5-8-9;1-3-6(2)7-8-4-5-9-7;1-3-6(2)7-4-5-8-9-7/h2*4-8H,3H2,1-2H3;3*4-7H,3H2,1-2H3;2*4-7H,3H2,1-2H3;2*4-6H,3H2,1-2H3,(H,8,9). The summed E-state index contributed by atoms with van der Waals surface area (Å²) in [7, 11) is 0. The van der Waals surface area contributed by atoms with E-state index >= 15 is 0 Å². The minimum Gasteiger partial charge on any atom is -0.348 e. The molecule has 9 aromatic rings. The Morgan fingerprint density at radius 3 is 1.47 bits per heavy atom. The van der Waals surface area contributed by atoms with E-state index in [9.17, 15) is 0 Å². The molecule has 0 fully saturated rings. The van der Waals surface area contributed by atoms with E-state index in [2.05, 4.69) is 218 Å². The number of nitrogens with one attached hydrogen (secondary N) is 2. The summed E-state index contributed by atoms with van der Waals surface area (Å²) in [5.74, 6) is 5.25. The van der Waals surface area contributed by atoms with Crippen LogP contribution in [0, 0.1) is 0 Å². The molecule has 0 radical (unpaired) electrons. The Balaban J connectivity index is 0.000000484. The fraction of sp³-hybridized carbons (Fsp3) is 0.514. The number of imidazole rings is 2. The fourth-order valence-electron chi connectivity index (χ4n) is 7.18. The zero-order chi connectivity index (χ0) is 63.7. The highest BCUT2D eigenvalue weighted by atomic mass is 15.3. The lowest BCUT2D eigenvalue weighted by Gasteiger charge is -2.07. The smallest absolute Gasteiger partial charge is 0.115 e. The third-order valence-corrected chi connectivity index (χ3v) is 15.4. The quantitative estimate of drug-likeness (QED) is 0.0826. The van der Waals surface area contributed by atoms with Crippen molar-refractivity contribution in [1.82, 2.24) is 79.6 Å². The highest BCUT2D eigenvalue weighted by molar-refractivity contribution is 5.14. The highest BCUT2D eigenvalue weighted by Crippen LogP contribution is 2.19. The van der Waals surface area contributed by atoms with Gasteiger partial charge in [-0.3, -0.25) is 29.7 Å². The summed E-state index contributed by atoms with van der Waals surface area (Å²) in [4.78, 5) is 35.5. The van der Waals surface area contributed by atoms with Crippen molar-refractivity contribution in [3.63, 3.8) is 0 Å². The molecule has 0 aliphatic carbocycles. The zero-order valence-corrected chi connectivity index (χ0v) is 55.9. The van der Waals surface area contributed by atoms with Crippen molar-refractivity contribution in [3.05, 3.63) is 206 Å². The highest BCUT2D eigenvalue weighted by Gasteiger charge is 2.06. The van der Waals surface area contributed by atoms with Gasteiger partial charge in [-0.05, 0) is 167 Å². The molecule has 2 N–H and O–H groups in total. The van der Waals surface area contributed by atoms with E-state index in [1.165, 1.54) is 35.4 Å². The molecular formula is C70H110N16. The van der Waals surface area contributed by atoms with Crippen molar-refractivity contribution >= 4 is 0 Å². The molecular weight excluding hydrogens is 1060 g/mol. The van der Waals surface area contributed by atoms with Gasteiger partial charge in [-0.1, -0.05) is 117 Å². The van der Waals surface area contributed by atoms with Gasteiger partial charge in [0, 0.05) is 128 Å². The molecule has 0 saturated carbocycles. The van der Waals surface area contributed by atoms with E-state index < -0.39 is 0 Å². The van der Waals surface area contributed by atoms with Crippen LogP contribution in [0.15, 0.2) is 166 Å². The Labute approximate surface area is 519 Å². The van der Waals surface area contributed by atoms with E-state index in [1.807, 2.05) is 109 Å². The number of hydrogen-bond acceptors (Lipinski definition) is 12. The molecule has 0 amide bonds. The van der Waals surface area contributed by atoms with Crippen LogP contribution >= 0.6 is 0 Å². The van der Waals surface area contributed by atoms with Crippen LogP contribution in [0.5, 0.6) is 0 Å². The monoisotopic (exact) mass is 1170 g/mol. The minimum atomic E-state index is 0.536. The fourth-order valence-corrected chi connectivity index (χ4v) is 7.18. The van der Waals surface area contributed by atoms with Gasteiger partial charge in [0.1, 0.15) is 12.2 Å². The van der Waals surface area contributed by atoms with Crippen LogP contribution in [0.1, 0.15) is 276 Å². The molecule has 0 bridgehead atoms. The zero-order valence-electron chi connectivity index (χ0n) is 55.9. The Morgan fingerprint density at radius 1 is 0.395 bits per heavy atom. The van der Waals surface area contributed by atoms with Crippen LogP contribution in [-0.2, 0) is 0 Å². The summed E-state index contributed by atoms with van der Waals surface area (Å²) in [6.07, 6.45) is 43.1. The SMILES string of the molecule is CCC(C)c1ccccn1.CCC(C)c1ccn[nH]1.CCC(C)c1ccncc1.CCC(C)c1ccncn1.CCC(C)c1ccnnc1.CCC(C)c1cnccn1.CCC(C)c1ncc[nH]1.CCC(C)n1cccn1.CCC(C)n1ccnc1. The summed E-state index contributed by atoms with van der Waals surface area (Å²) in [5, 5.41) is 18.4. The summed E-state index contributed by atoms with van der Waals surface area (Å²) >= 11 is 0. The number of rotatable bonds is 18. The second-order valence-electron chi connectivity index (χ2n) is 21.6. The molecule has 16 nitrogen and oxygen atoms in total. The van der Waals surface area contributed by atoms with Crippen LogP contribution in [0.2, 0.25) is 0 Å². The maximum Gasteiger partial charge on any atom is 0.115 e. The van der Waals surface area contributed by atoms with Gasteiger partial charge in [-0.15, -0.1) is 0 Å². The number of H-pyrrole nitrogens is 2. The van der Waals surface area contributed by atoms with Crippen molar-refractivity contribution in [3.8, 4) is 0 Å². The second-order valence-corrected chi connectivity index (χ2v) is 21.6. The second kappa shape index (κ2) is 48.6. The molecule has 0 aromatic carbocycles. The van der Waals surface area contributed by atoms with Gasteiger partial charge in [-0.2, -0.15) is 20.4 Å². The van der Waals surface area contributed by atoms with Gasteiger partial charge < -0.3 is 9.55 Å². The van der Waals surface area contributed by atoms with Crippen LogP contribution in [-0.4, -0.2) is 79.6 Å². The average molecular weight is 1180 g/mol. The maximum absolute atomic E-state index is 4.25. The van der Waals surface area contributed by atoms with Crippen molar-refractivity contribution in [2.75, 3.05) is 0 Å². The van der Waals surface area contributed by atoms with E-state index in [0.717, 1.165) is 62.2 Å². The topological polar surface area (TPSA) is 196 Å². The molecule has 16 heteroatoms. The maximum atomic E-state index is 4.25. The predicted molar refractivity (Wildman–Crippen MR) is 357 cm³/mol. The van der Waals surface area contributed by atoms with E-state index in [-0.39, 0.29) is 0 Å². The Hall–Kier alpha value is -7.62. The van der Waals surface area contributed by atoms with Gasteiger partial charge in [0.2, 0.25) is 0 Å². The van der Waals surface area contributed by atoms with Gasteiger partial charge in [-0.25, -0.2) is 19.9 Å². The van der Waals surface area contributed by atoms with Crippen molar-refractivity contribution in [1.29, 1.82) is 0 Å². The van der Waals surface area contributed by atoms with Gasteiger partial charge in [0.05, 0.1) is 18.2 Å². The molecule has 9 rings (SSSR count). The Bertz CT molecular complexity index is 2340. The summed E-state index contributed by atoms with van der Waals surface area (Å²) in [5.41, 5.74) is 7.32. The summed E-state index contributed by atoms with van der Waals surface area (Å²) in [6, 6.07) is 19.3. The molecule has 9 unspecified atom stereocenters. The van der Waals surface area contributed by atoms with Crippen LogP contribution in [0.25, 0.3) is 0 Å². The van der Waals surface area contributed by atoms with Gasteiger partial charge in [0.25, 0.3) is 0 Å². The third kappa shape index (κ3) is 33.2. The molecule has 470 valence electrons. The molecule has 86 heavy (non-hydrogen) atoms. The molecule has 0 aliphatic heterocycles. The minimum absolute atomic E-state index is 0.536. The van der Waals surface area contributed by atoms with Crippen molar-refractivity contribution in [2.45, 2.75) is 236 Å². The first-order valence-corrected chi connectivity index (χ1v) is 31.6. The first-order valence-electron chi connectivity index (χ1n) is 31.6. The molecule has 9 heterocycles. The summed E-state index contributed by atoms with van der Waals surface area (Å²) in [6.45, 7) is 39.2. The lowest BCUT2D eigenvalue weighted by atomic mass is 10.0. The van der Waals surface area contributed by atoms with Gasteiger partial charge in [0.15, 0.2) is 0 Å². The van der Waals surface area contributed by atoms with Crippen LogP contribution in [0.4, 0.5) is 0 Å². The first kappa shape index (κ1) is 76.4. The normalized spacial score (nSPS) is 13.2. The van der Waals surface area contributed by atoms with Crippen LogP contribution in [0.3, 0.4) is 0 Å². The Morgan fingerprint density at radius 2 is 1.00 bits per heavy atom. The molecule has 0 saturated heterocycles. The summed E-state index contributed by atoms with van der Waals surface area (Å²) < 4.78 is 4.08. The molecule has 9 atom stereocenters. The lowest BCUT2D eigenvalue weighted by Crippen LogP contribution is -2.03. The Kier molecular flexibility index (Phi) is 43.2. The van der Waals surface area contributed by atoms with E-state index in [1.54, 1.807) is 43.5 Å². The number of nitrogens with zero attached hydrogens (tertiary/aromatic N) is 14. The molecule has 0 spiro atoms.